The van der Waals surface area contributed by atoms with Crippen LogP contribution in [0.5, 0.6) is 0 Å². The molecule has 0 aliphatic heterocycles. The summed E-state index contributed by atoms with van der Waals surface area (Å²) >= 11 is -1.17. The van der Waals surface area contributed by atoms with Gasteiger partial charge in [-0.25, -0.2) is 0 Å². The second-order valence-electron chi connectivity index (χ2n) is 2.93. The molecule has 1 rings (SSSR count). The molecule has 0 aromatic heterocycles. The summed E-state index contributed by atoms with van der Waals surface area (Å²) in [6.45, 7) is 0. The molecule has 0 radical (unpaired) electrons. The zero-order chi connectivity index (χ0) is 8.97. The van der Waals surface area contributed by atoms with Crippen molar-refractivity contribution in [2.24, 2.45) is 5.92 Å². The molecule has 1 nitrogen and oxygen atoms in total. The van der Waals surface area contributed by atoms with Crippen LogP contribution in [0.3, 0.4) is 0 Å². The first-order valence-corrected chi connectivity index (χ1v) is 9.60. The van der Waals surface area contributed by atoms with Crippen LogP contribution in [0.15, 0.2) is 24.3 Å². The van der Waals surface area contributed by atoms with Crippen LogP contribution in [0.1, 0.15) is 12.8 Å². The van der Waals surface area contributed by atoms with Crippen LogP contribution in [0, 0.1) is 5.92 Å². The fourth-order valence-corrected chi connectivity index (χ4v) is 2.56. The Kier molecular flexibility index (Phi) is 3.94. The van der Waals surface area contributed by atoms with Gasteiger partial charge in [-0.3, -0.25) is 0 Å². The van der Waals surface area contributed by atoms with Gasteiger partial charge in [0, 0.05) is 0 Å². The van der Waals surface area contributed by atoms with Crippen molar-refractivity contribution in [1.82, 2.24) is 0 Å². The van der Waals surface area contributed by atoms with E-state index in [-0.39, 0.29) is 0 Å². The minimum absolute atomic E-state index is 0.532. The molecular formula is C10H15OPt. The van der Waals surface area contributed by atoms with Crippen LogP contribution in [-0.4, -0.2) is 4.17 Å². The van der Waals surface area contributed by atoms with Gasteiger partial charge in [0.1, 0.15) is 0 Å². The summed E-state index contributed by atoms with van der Waals surface area (Å²) in [5.74, 6) is 0.532. The third kappa shape index (κ3) is 3.06. The van der Waals surface area contributed by atoms with Crippen LogP contribution >= 0.6 is 0 Å². The van der Waals surface area contributed by atoms with Gasteiger partial charge < -0.3 is 0 Å². The van der Waals surface area contributed by atoms with E-state index in [1.165, 1.54) is 0 Å². The van der Waals surface area contributed by atoms with E-state index in [0.717, 1.165) is 12.8 Å². The van der Waals surface area contributed by atoms with Gasteiger partial charge in [0.15, 0.2) is 0 Å². The number of rotatable bonds is 4. The van der Waals surface area contributed by atoms with E-state index in [0.29, 0.717) is 10.1 Å². The molecule has 1 aliphatic rings. The van der Waals surface area contributed by atoms with E-state index in [9.17, 15) is 4.79 Å². The van der Waals surface area contributed by atoms with E-state index in [1.807, 2.05) is 0 Å². The maximum absolute atomic E-state index is 11.3. The summed E-state index contributed by atoms with van der Waals surface area (Å²) in [5.41, 5.74) is 0. The van der Waals surface area contributed by atoms with Gasteiger partial charge in [0.25, 0.3) is 0 Å². The Morgan fingerprint density at radius 3 is 2.42 bits per heavy atom. The fourth-order valence-electron chi connectivity index (χ4n) is 1.10. The minimum atomic E-state index is -1.17. The van der Waals surface area contributed by atoms with Gasteiger partial charge in [-0.1, -0.05) is 0 Å². The standard InChI is InChI=1S/C8H9O.2CH3.Pt/c9-7-3-6-8-4-1-2-5-8;;;/h1-2,4-5,8H,3,6H2;2*1H3;. The van der Waals surface area contributed by atoms with Crippen molar-refractivity contribution >= 4 is 4.17 Å². The Hall–Kier alpha value is -0.162. The summed E-state index contributed by atoms with van der Waals surface area (Å²) in [4.78, 5) is 11.3. The molecule has 0 atom stereocenters. The molecule has 0 heterocycles. The second-order valence-corrected chi connectivity index (χ2v) is 8.74. The van der Waals surface area contributed by atoms with Crippen LogP contribution in [0.4, 0.5) is 0 Å². The first kappa shape index (κ1) is 9.92. The first-order valence-electron chi connectivity index (χ1n) is 3.92. The summed E-state index contributed by atoms with van der Waals surface area (Å²) in [7, 11) is 0. The van der Waals surface area contributed by atoms with Crippen molar-refractivity contribution in [3.05, 3.63) is 24.3 Å². The molecule has 12 heavy (non-hydrogen) atoms. The van der Waals surface area contributed by atoms with Crippen molar-refractivity contribution in [1.29, 1.82) is 0 Å². The average Bonchev–Trinajstić information content (AvgIpc) is 2.51. The van der Waals surface area contributed by atoms with Gasteiger partial charge in [-0.05, 0) is 0 Å². The van der Waals surface area contributed by atoms with E-state index in [1.54, 1.807) is 0 Å². The van der Waals surface area contributed by atoms with E-state index in [4.69, 9.17) is 0 Å². The second kappa shape index (κ2) is 4.76. The average molecular weight is 346 g/mol. The molecule has 2 heteroatoms. The van der Waals surface area contributed by atoms with E-state index < -0.39 is 17.3 Å². The van der Waals surface area contributed by atoms with Crippen molar-refractivity contribution in [2.75, 3.05) is 0 Å². The molecule has 0 unspecified atom stereocenters. The van der Waals surface area contributed by atoms with Gasteiger partial charge in [0.05, 0.1) is 0 Å². The quantitative estimate of drug-likeness (QED) is 0.765. The van der Waals surface area contributed by atoms with Gasteiger partial charge >= 0.3 is 80.0 Å². The van der Waals surface area contributed by atoms with Crippen LogP contribution in [-0.2, 0) is 22.1 Å². The fraction of sp³-hybridized carbons (Fsp3) is 0.500. The maximum atomic E-state index is 11.3. The summed E-state index contributed by atoms with van der Waals surface area (Å²) in [6.07, 6.45) is 10.3. The third-order valence-electron chi connectivity index (χ3n) is 1.84. The summed E-state index contributed by atoms with van der Waals surface area (Å²) in [5, 5.41) is 4.24. The predicted molar refractivity (Wildman–Crippen MR) is 47.7 cm³/mol. The molecule has 0 saturated carbocycles. The Bertz CT molecular complexity index is 204. The van der Waals surface area contributed by atoms with Gasteiger partial charge in [0.2, 0.25) is 0 Å². The number of carbonyl (C=O) groups excluding carboxylic acids is 1. The molecule has 1 aliphatic carbocycles. The molecule has 0 fully saturated rings. The van der Waals surface area contributed by atoms with Crippen LogP contribution < -0.4 is 0 Å². The SMILES string of the molecule is [CH3][Pt]([CH3])[C](=O)CCC1C=CC=C1. The molecule has 0 amide bonds. The monoisotopic (exact) mass is 346 g/mol. The third-order valence-corrected chi connectivity index (χ3v) is 4.94. The Morgan fingerprint density at radius 1 is 1.33 bits per heavy atom. The van der Waals surface area contributed by atoms with Crippen molar-refractivity contribution in [2.45, 2.75) is 23.5 Å². The molecule has 0 bridgehead atoms. The molecule has 0 saturated heterocycles. The predicted octanol–water partition coefficient (Wildman–Crippen LogP) is 2.75. The van der Waals surface area contributed by atoms with E-state index in [2.05, 4.69) is 34.9 Å². The topological polar surface area (TPSA) is 17.1 Å². The van der Waals surface area contributed by atoms with Gasteiger partial charge in [-0.2, -0.15) is 0 Å². The normalized spacial score (nSPS) is 17.0. The molecule has 71 valence electrons. The van der Waals surface area contributed by atoms with Crippen LogP contribution in [0.2, 0.25) is 10.6 Å². The molecule has 0 aromatic carbocycles. The first-order chi connectivity index (χ1) is 5.70. The Morgan fingerprint density at radius 2 is 1.92 bits per heavy atom. The van der Waals surface area contributed by atoms with Crippen molar-refractivity contribution < 1.29 is 22.1 Å². The zero-order valence-electron chi connectivity index (χ0n) is 7.53. The van der Waals surface area contributed by atoms with Crippen LogP contribution in [0.25, 0.3) is 0 Å². The van der Waals surface area contributed by atoms with Crippen molar-refractivity contribution in [3.8, 4) is 0 Å². The summed E-state index contributed by atoms with van der Waals surface area (Å²) in [6, 6.07) is 0. The number of carbonyl (C=O) groups is 1. The molecular weight excluding hydrogens is 331 g/mol. The van der Waals surface area contributed by atoms with Gasteiger partial charge in [-0.15, -0.1) is 0 Å². The van der Waals surface area contributed by atoms with E-state index >= 15 is 0 Å². The number of hydrogen-bond donors (Lipinski definition) is 0. The molecule has 0 spiro atoms. The number of hydrogen-bond acceptors (Lipinski definition) is 1. The van der Waals surface area contributed by atoms with Crippen molar-refractivity contribution in [3.63, 3.8) is 0 Å². The zero-order valence-corrected chi connectivity index (χ0v) is 9.80. The Balaban J connectivity index is 2.21. The number of allylic oxidation sites excluding steroid dienone is 4. The molecule has 0 N–H and O–H groups in total. The summed E-state index contributed by atoms with van der Waals surface area (Å²) < 4.78 is 0.536. The Labute approximate surface area is 80.1 Å². The molecule has 0 aromatic rings.